The smallest absolute Gasteiger partial charge is 0.0115 e. The summed E-state index contributed by atoms with van der Waals surface area (Å²) in [5.41, 5.74) is 6.29. The van der Waals surface area contributed by atoms with Crippen LogP contribution in [0.15, 0.2) is 0 Å². The molecule has 1 heterocycles. The van der Waals surface area contributed by atoms with Gasteiger partial charge in [0.15, 0.2) is 0 Å². The zero-order valence-electron chi connectivity index (χ0n) is 5.80. The van der Waals surface area contributed by atoms with Crippen molar-refractivity contribution in [3.05, 3.63) is 0 Å². The molecule has 0 unspecified atom stereocenters. The largest absolute Gasteiger partial charge is 0.327 e. The monoisotopic (exact) mass is 184 g/mol. The first-order valence-electron chi connectivity index (χ1n) is 3.30. The Hall–Kier alpha value is 0.500. The molecule has 0 aromatic carbocycles. The van der Waals surface area contributed by atoms with E-state index < -0.39 is 0 Å². The standard InChI is InChI=1S/C6H12N2.2ClH/c7-5-3-6(5)1-2-8-4-6;;/h5,8H,1-4,7H2;2*1H/t5-,6-;;/m0../s1. The maximum Gasteiger partial charge on any atom is 0.0115 e. The van der Waals surface area contributed by atoms with E-state index in [0.29, 0.717) is 11.5 Å². The van der Waals surface area contributed by atoms with E-state index in [2.05, 4.69) is 5.32 Å². The van der Waals surface area contributed by atoms with Gasteiger partial charge in [-0.2, -0.15) is 0 Å². The summed E-state index contributed by atoms with van der Waals surface area (Å²) >= 11 is 0. The van der Waals surface area contributed by atoms with E-state index in [1.807, 2.05) is 0 Å². The minimum Gasteiger partial charge on any atom is -0.327 e. The van der Waals surface area contributed by atoms with Crippen LogP contribution in [0.1, 0.15) is 12.8 Å². The van der Waals surface area contributed by atoms with Crippen LogP contribution >= 0.6 is 24.8 Å². The normalized spacial score (nSPS) is 42.3. The molecular formula is C6H14Cl2N2. The van der Waals surface area contributed by atoms with Crippen LogP contribution < -0.4 is 11.1 Å². The highest BCUT2D eigenvalue weighted by molar-refractivity contribution is 5.85. The highest BCUT2D eigenvalue weighted by atomic mass is 35.5. The molecule has 2 rings (SSSR count). The van der Waals surface area contributed by atoms with Gasteiger partial charge in [-0.1, -0.05) is 0 Å². The minimum absolute atomic E-state index is 0. The maximum atomic E-state index is 5.72. The Labute approximate surface area is 73.7 Å². The van der Waals surface area contributed by atoms with Crippen molar-refractivity contribution < 1.29 is 0 Å². The predicted molar refractivity (Wildman–Crippen MR) is 47.0 cm³/mol. The van der Waals surface area contributed by atoms with Gasteiger partial charge in [-0.15, -0.1) is 24.8 Å². The lowest BCUT2D eigenvalue weighted by Crippen LogP contribution is -2.16. The van der Waals surface area contributed by atoms with Crippen molar-refractivity contribution in [3.63, 3.8) is 0 Å². The second-order valence-electron chi connectivity index (χ2n) is 3.10. The molecule has 0 radical (unpaired) electrons. The number of hydrogen-bond donors (Lipinski definition) is 2. The van der Waals surface area contributed by atoms with Crippen LogP contribution in [-0.4, -0.2) is 19.1 Å². The lowest BCUT2D eigenvalue weighted by atomic mass is 10.1. The lowest BCUT2D eigenvalue weighted by molar-refractivity contribution is 0.547. The molecule has 62 valence electrons. The Balaban J connectivity index is 0.000000405. The van der Waals surface area contributed by atoms with Gasteiger partial charge in [-0.25, -0.2) is 0 Å². The molecule has 2 atom stereocenters. The molecule has 1 saturated heterocycles. The minimum atomic E-state index is 0. The van der Waals surface area contributed by atoms with E-state index in [0.717, 1.165) is 0 Å². The van der Waals surface area contributed by atoms with Crippen molar-refractivity contribution in [1.29, 1.82) is 0 Å². The van der Waals surface area contributed by atoms with E-state index in [9.17, 15) is 0 Å². The summed E-state index contributed by atoms with van der Waals surface area (Å²) in [6.45, 7) is 2.36. The summed E-state index contributed by atoms with van der Waals surface area (Å²) in [5, 5.41) is 3.33. The van der Waals surface area contributed by atoms with Gasteiger partial charge in [0.1, 0.15) is 0 Å². The van der Waals surface area contributed by atoms with Gasteiger partial charge in [-0.3, -0.25) is 0 Å². The fourth-order valence-electron chi connectivity index (χ4n) is 1.63. The Kier molecular flexibility index (Phi) is 3.43. The third-order valence-electron chi connectivity index (χ3n) is 2.53. The maximum absolute atomic E-state index is 5.72. The lowest BCUT2D eigenvalue weighted by Gasteiger charge is -2.00. The SMILES string of the molecule is Cl.Cl.N[C@H]1C[C@]12CCNC2. The van der Waals surface area contributed by atoms with E-state index in [4.69, 9.17) is 5.73 Å². The van der Waals surface area contributed by atoms with E-state index in [-0.39, 0.29) is 24.8 Å². The Morgan fingerprint density at radius 3 is 2.20 bits per heavy atom. The number of halogens is 2. The van der Waals surface area contributed by atoms with Crippen LogP contribution in [0.3, 0.4) is 0 Å². The molecule has 4 heteroatoms. The quantitative estimate of drug-likeness (QED) is 0.578. The van der Waals surface area contributed by atoms with Crippen LogP contribution in [-0.2, 0) is 0 Å². The second kappa shape index (κ2) is 3.26. The molecular weight excluding hydrogens is 171 g/mol. The predicted octanol–water partition coefficient (Wildman–Crippen LogP) is 0.541. The molecule has 2 aliphatic rings. The number of hydrogen-bond acceptors (Lipinski definition) is 2. The summed E-state index contributed by atoms with van der Waals surface area (Å²) in [6.07, 6.45) is 2.58. The van der Waals surface area contributed by atoms with Gasteiger partial charge in [0.25, 0.3) is 0 Å². The molecule has 1 aliphatic heterocycles. The summed E-state index contributed by atoms with van der Waals surface area (Å²) in [7, 11) is 0. The van der Waals surface area contributed by atoms with Gasteiger partial charge < -0.3 is 11.1 Å². The van der Waals surface area contributed by atoms with Crippen molar-refractivity contribution in [2.75, 3.05) is 13.1 Å². The molecule has 0 amide bonds. The fourth-order valence-corrected chi connectivity index (χ4v) is 1.63. The highest BCUT2D eigenvalue weighted by Gasteiger charge is 2.52. The molecule has 2 fully saturated rings. The highest BCUT2D eigenvalue weighted by Crippen LogP contribution is 2.48. The van der Waals surface area contributed by atoms with Crippen molar-refractivity contribution >= 4 is 24.8 Å². The molecule has 0 aromatic rings. The van der Waals surface area contributed by atoms with Crippen LogP contribution in [0.4, 0.5) is 0 Å². The Bertz CT molecular complexity index is 112. The number of nitrogens with two attached hydrogens (primary N) is 1. The summed E-state index contributed by atoms with van der Waals surface area (Å²) in [6, 6.07) is 0.525. The summed E-state index contributed by atoms with van der Waals surface area (Å²) in [5.74, 6) is 0. The third-order valence-corrected chi connectivity index (χ3v) is 2.53. The molecule has 0 bridgehead atoms. The molecule has 1 spiro atoms. The van der Waals surface area contributed by atoms with Crippen LogP contribution in [0, 0.1) is 5.41 Å². The Morgan fingerprint density at radius 1 is 1.40 bits per heavy atom. The molecule has 10 heavy (non-hydrogen) atoms. The van der Waals surface area contributed by atoms with Gasteiger partial charge in [0.2, 0.25) is 0 Å². The van der Waals surface area contributed by atoms with E-state index in [1.54, 1.807) is 0 Å². The molecule has 1 aliphatic carbocycles. The van der Waals surface area contributed by atoms with Crippen molar-refractivity contribution in [3.8, 4) is 0 Å². The van der Waals surface area contributed by atoms with Crippen LogP contribution in [0.2, 0.25) is 0 Å². The van der Waals surface area contributed by atoms with Gasteiger partial charge in [0.05, 0.1) is 0 Å². The number of rotatable bonds is 0. The Morgan fingerprint density at radius 2 is 2.00 bits per heavy atom. The third kappa shape index (κ3) is 1.40. The number of nitrogens with one attached hydrogen (secondary N) is 1. The second-order valence-corrected chi connectivity index (χ2v) is 3.10. The van der Waals surface area contributed by atoms with Gasteiger partial charge in [0, 0.05) is 18.0 Å². The zero-order chi connectivity index (χ0) is 5.61. The molecule has 0 aromatic heterocycles. The first kappa shape index (κ1) is 10.5. The first-order chi connectivity index (χ1) is 3.83. The average molecular weight is 185 g/mol. The fraction of sp³-hybridized carbons (Fsp3) is 1.00. The van der Waals surface area contributed by atoms with Gasteiger partial charge >= 0.3 is 0 Å². The molecule has 3 N–H and O–H groups in total. The van der Waals surface area contributed by atoms with Crippen molar-refractivity contribution in [1.82, 2.24) is 5.32 Å². The van der Waals surface area contributed by atoms with Crippen molar-refractivity contribution in [2.24, 2.45) is 11.1 Å². The molecule has 2 nitrogen and oxygen atoms in total. The van der Waals surface area contributed by atoms with E-state index in [1.165, 1.54) is 25.9 Å². The zero-order valence-corrected chi connectivity index (χ0v) is 7.43. The summed E-state index contributed by atoms with van der Waals surface area (Å²) < 4.78 is 0. The van der Waals surface area contributed by atoms with Gasteiger partial charge in [-0.05, 0) is 19.4 Å². The first-order valence-corrected chi connectivity index (χ1v) is 3.30. The van der Waals surface area contributed by atoms with Crippen LogP contribution in [0.25, 0.3) is 0 Å². The van der Waals surface area contributed by atoms with Crippen molar-refractivity contribution in [2.45, 2.75) is 18.9 Å². The molecule has 1 saturated carbocycles. The van der Waals surface area contributed by atoms with Crippen LogP contribution in [0.5, 0.6) is 0 Å². The summed E-state index contributed by atoms with van der Waals surface area (Å²) in [4.78, 5) is 0. The average Bonchev–Trinajstić information content (AvgIpc) is 2.29. The van der Waals surface area contributed by atoms with E-state index >= 15 is 0 Å². The topological polar surface area (TPSA) is 38.0 Å².